The zero-order valence-electron chi connectivity index (χ0n) is 15.2. The Morgan fingerprint density at radius 1 is 1.25 bits per heavy atom. The van der Waals surface area contributed by atoms with Gasteiger partial charge in [-0.05, 0) is 94.5 Å². The van der Waals surface area contributed by atoms with Crippen LogP contribution in [0.25, 0.3) is 0 Å². The standard InChI is InChI=1S/C20H34N2O2/c1-22-6-2-3-15(13-22)4-5-21-18(23)12-19-8-16-7-17(9-19)11-20(24,10-16)14-19/h15-17,24H,2-14H2,1H3,(H,21,23)/t15-,16-,17+,19?,20?/m1/s1. The Hall–Kier alpha value is -0.610. The second-order valence-electron chi connectivity index (χ2n) is 9.77. The van der Waals surface area contributed by atoms with Gasteiger partial charge in [0.15, 0.2) is 0 Å². The van der Waals surface area contributed by atoms with E-state index in [0.29, 0.717) is 18.3 Å². The van der Waals surface area contributed by atoms with E-state index in [-0.39, 0.29) is 11.3 Å². The van der Waals surface area contributed by atoms with Crippen molar-refractivity contribution in [1.29, 1.82) is 0 Å². The van der Waals surface area contributed by atoms with Crippen molar-refractivity contribution in [2.24, 2.45) is 23.2 Å². The van der Waals surface area contributed by atoms with Crippen molar-refractivity contribution < 1.29 is 9.90 Å². The molecular formula is C20H34N2O2. The van der Waals surface area contributed by atoms with E-state index in [1.807, 2.05) is 0 Å². The van der Waals surface area contributed by atoms with E-state index in [1.165, 1.54) is 45.2 Å². The summed E-state index contributed by atoms with van der Waals surface area (Å²) in [5, 5.41) is 14.0. The fraction of sp³-hybridized carbons (Fsp3) is 0.950. The van der Waals surface area contributed by atoms with Crippen LogP contribution >= 0.6 is 0 Å². The van der Waals surface area contributed by atoms with Gasteiger partial charge in [0, 0.05) is 19.5 Å². The zero-order valence-corrected chi connectivity index (χ0v) is 15.2. The first kappa shape index (κ1) is 16.8. The van der Waals surface area contributed by atoms with Gasteiger partial charge in [0.2, 0.25) is 5.91 Å². The number of likely N-dealkylation sites (tertiary alicyclic amines) is 1. The quantitative estimate of drug-likeness (QED) is 0.812. The zero-order chi connectivity index (χ0) is 16.8. The minimum atomic E-state index is -0.447. The van der Waals surface area contributed by atoms with E-state index in [9.17, 15) is 9.90 Å². The molecule has 2 unspecified atom stereocenters. The summed E-state index contributed by atoms with van der Waals surface area (Å²) in [5.74, 6) is 2.30. The van der Waals surface area contributed by atoms with Crippen LogP contribution in [0.1, 0.15) is 64.2 Å². The molecule has 5 atom stereocenters. The molecule has 1 amide bonds. The van der Waals surface area contributed by atoms with Gasteiger partial charge in [-0.2, -0.15) is 0 Å². The normalized spacial score (nSPS) is 44.7. The molecule has 0 spiro atoms. The summed E-state index contributed by atoms with van der Waals surface area (Å²) in [4.78, 5) is 14.9. The number of nitrogens with one attached hydrogen (secondary N) is 1. The van der Waals surface area contributed by atoms with Gasteiger partial charge in [0.25, 0.3) is 0 Å². The Morgan fingerprint density at radius 3 is 2.67 bits per heavy atom. The lowest BCUT2D eigenvalue weighted by Crippen LogP contribution is -2.56. The molecule has 0 aromatic rings. The highest BCUT2D eigenvalue weighted by molar-refractivity contribution is 5.76. The van der Waals surface area contributed by atoms with Crippen LogP contribution in [0, 0.1) is 23.2 Å². The van der Waals surface area contributed by atoms with E-state index in [2.05, 4.69) is 17.3 Å². The molecule has 1 heterocycles. The molecule has 5 aliphatic rings. The van der Waals surface area contributed by atoms with Gasteiger partial charge in [-0.3, -0.25) is 4.79 Å². The Balaban J connectivity index is 1.26. The molecule has 4 saturated carbocycles. The van der Waals surface area contributed by atoms with Crippen LogP contribution in [0.5, 0.6) is 0 Å². The molecule has 4 aliphatic carbocycles. The predicted molar refractivity (Wildman–Crippen MR) is 94.5 cm³/mol. The minimum absolute atomic E-state index is 0.105. The SMILES string of the molecule is CN1CCC[C@H](CCNC(=O)CC23C[C@@H]4C[C@@H](CC(O)(C4)C2)C3)C1. The van der Waals surface area contributed by atoms with Gasteiger partial charge in [0.1, 0.15) is 0 Å². The van der Waals surface area contributed by atoms with Crippen molar-refractivity contribution in [1.82, 2.24) is 10.2 Å². The first-order chi connectivity index (χ1) is 11.4. The Morgan fingerprint density at radius 2 is 2.00 bits per heavy atom. The molecule has 2 N–H and O–H groups in total. The summed E-state index contributed by atoms with van der Waals surface area (Å²) in [7, 11) is 2.20. The largest absolute Gasteiger partial charge is 0.390 e. The third kappa shape index (κ3) is 3.50. The maximum atomic E-state index is 12.5. The van der Waals surface area contributed by atoms with Crippen LogP contribution in [-0.2, 0) is 4.79 Å². The molecule has 136 valence electrons. The molecule has 4 nitrogen and oxygen atoms in total. The summed E-state index contributed by atoms with van der Waals surface area (Å²) in [5.41, 5.74) is -0.342. The first-order valence-corrected chi connectivity index (χ1v) is 10.1. The number of piperidine rings is 1. The number of carbonyl (C=O) groups is 1. The number of aliphatic hydroxyl groups is 1. The summed E-state index contributed by atoms with van der Waals surface area (Å²) < 4.78 is 0. The third-order valence-electron chi connectivity index (χ3n) is 7.28. The number of amides is 1. The summed E-state index contributed by atoms with van der Waals surface area (Å²) in [6.07, 6.45) is 10.8. The highest BCUT2D eigenvalue weighted by Crippen LogP contribution is 2.62. The number of rotatable bonds is 5. The van der Waals surface area contributed by atoms with Gasteiger partial charge < -0.3 is 15.3 Å². The van der Waals surface area contributed by atoms with Crippen molar-refractivity contribution in [2.45, 2.75) is 69.8 Å². The highest BCUT2D eigenvalue weighted by Gasteiger charge is 2.57. The van der Waals surface area contributed by atoms with Crippen molar-refractivity contribution in [3.8, 4) is 0 Å². The summed E-state index contributed by atoms with van der Waals surface area (Å²) in [6, 6.07) is 0. The lowest BCUT2D eigenvalue weighted by atomic mass is 9.47. The Bertz CT molecular complexity index is 478. The van der Waals surface area contributed by atoms with Crippen LogP contribution < -0.4 is 5.32 Å². The Labute approximate surface area is 146 Å². The second kappa shape index (κ2) is 6.28. The van der Waals surface area contributed by atoms with Crippen molar-refractivity contribution in [2.75, 3.05) is 26.7 Å². The molecule has 4 heteroatoms. The van der Waals surface area contributed by atoms with Crippen LogP contribution in [0.15, 0.2) is 0 Å². The molecule has 0 aromatic heterocycles. The van der Waals surface area contributed by atoms with Gasteiger partial charge in [-0.15, -0.1) is 0 Å². The molecule has 1 saturated heterocycles. The molecule has 5 fully saturated rings. The van der Waals surface area contributed by atoms with Crippen molar-refractivity contribution in [3.63, 3.8) is 0 Å². The maximum absolute atomic E-state index is 12.5. The van der Waals surface area contributed by atoms with E-state index in [0.717, 1.165) is 38.1 Å². The van der Waals surface area contributed by atoms with Crippen LogP contribution in [0.3, 0.4) is 0 Å². The fourth-order valence-electron chi connectivity index (χ4n) is 6.94. The first-order valence-electron chi connectivity index (χ1n) is 10.1. The van der Waals surface area contributed by atoms with Crippen LogP contribution in [0.4, 0.5) is 0 Å². The average molecular weight is 335 g/mol. The van der Waals surface area contributed by atoms with Gasteiger partial charge >= 0.3 is 0 Å². The van der Waals surface area contributed by atoms with E-state index < -0.39 is 5.60 Å². The second-order valence-corrected chi connectivity index (χ2v) is 9.77. The molecule has 24 heavy (non-hydrogen) atoms. The van der Waals surface area contributed by atoms with Crippen molar-refractivity contribution >= 4 is 5.91 Å². The fourth-order valence-corrected chi connectivity index (χ4v) is 6.94. The molecule has 4 bridgehead atoms. The van der Waals surface area contributed by atoms with E-state index >= 15 is 0 Å². The van der Waals surface area contributed by atoms with Crippen LogP contribution in [0.2, 0.25) is 0 Å². The van der Waals surface area contributed by atoms with Crippen molar-refractivity contribution in [3.05, 3.63) is 0 Å². The minimum Gasteiger partial charge on any atom is -0.390 e. The number of nitrogens with zero attached hydrogens (tertiary/aromatic N) is 1. The van der Waals surface area contributed by atoms with E-state index in [1.54, 1.807) is 0 Å². The number of hydrogen-bond acceptors (Lipinski definition) is 3. The van der Waals surface area contributed by atoms with Gasteiger partial charge in [-0.1, -0.05) is 0 Å². The maximum Gasteiger partial charge on any atom is 0.220 e. The lowest BCUT2D eigenvalue weighted by molar-refractivity contribution is -0.169. The average Bonchev–Trinajstić information content (AvgIpc) is 2.43. The van der Waals surface area contributed by atoms with E-state index in [4.69, 9.17) is 0 Å². The highest BCUT2D eigenvalue weighted by atomic mass is 16.3. The Kier molecular flexibility index (Phi) is 4.41. The topological polar surface area (TPSA) is 52.6 Å². The van der Waals surface area contributed by atoms with Gasteiger partial charge in [0.05, 0.1) is 5.60 Å². The lowest BCUT2D eigenvalue weighted by Gasteiger charge is -2.60. The monoisotopic (exact) mass is 334 g/mol. The molecule has 5 rings (SSSR count). The number of hydrogen-bond donors (Lipinski definition) is 2. The predicted octanol–water partition coefficient (Wildman–Crippen LogP) is 2.56. The number of carbonyl (C=O) groups excluding carboxylic acids is 1. The molecular weight excluding hydrogens is 300 g/mol. The summed E-state index contributed by atoms with van der Waals surface area (Å²) in [6.45, 7) is 3.22. The molecule has 1 aliphatic heterocycles. The summed E-state index contributed by atoms with van der Waals surface area (Å²) >= 11 is 0. The van der Waals surface area contributed by atoms with Gasteiger partial charge in [-0.25, -0.2) is 0 Å². The molecule has 0 radical (unpaired) electrons. The smallest absolute Gasteiger partial charge is 0.220 e. The molecule has 0 aromatic carbocycles. The third-order valence-corrected chi connectivity index (χ3v) is 7.28. The van der Waals surface area contributed by atoms with Crippen LogP contribution in [-0.4, -0.2) is 48.2 Å².